The molecule has 0 atom stereocenters. The predicted octanol–water partition coefficient (Wildman–Crippen LogP) is 6.87. The number of carbonyl (C=O) groups excluding carboxylic acids is 1. The maximum atomic E-state index is 12.8. The largest absolute Gasteiger partial charge is 0.336 e. The molecular formula is C16H11BrCl8N4O. The fraction of sp³-hybridized carbons (Fsp3) is 0.375. The van der Waals surface area contributed by atoms with E-state index >= 15 is 0 Å². The van der Waals surface area contributed by atoms with Crippen LogP contribution in [0.5, 0.6) is 0 Å². The second kappa shape index (κ2) is 11.1. The maximum Gasteiger partial charge on any atom is 0.255 e. The van der Waals surface area contributed by atoms with Crippen LogP contribution in [0.3, 0.4) is 0 Å². The first-order valence-electron chi connectivity index (χ1n) is 8.00. The predicted molar refractivity (Wildman–Crippen MR) is 129 cm³/mol. The van der Waals surface area contributed by atoms with Gasteiger partial charge in [-0.3, -0.25) is 4.79 Å². The first kappa shape index (κ1) is 26.7. The van der Waals surface area contributed by atoms with Gasteiger partial charge < -0.3 is 4.90 Å². The molecule has 30 heavy (non-hydrogen) atoms. The molecule has 0 saturated heterocycles. The molecule has 0 aliphatic rings. The monoisotopic (exact) mass is 634 g/mol. The van der Waals surface area contributed by atoms with Crippen LogP contribution in [0.1, 0.15) is 22.0 Å². The minimum absolute atomic E-state index is 0.0886. The lowest BCUT2D eigenvalue weighted by atomic mass is 10.1. The molecule has 0 unspecified atom stereocenters. The van der Waals surface area contributed by atoms with Crippen molar-refractivity contribution in [1.29, 1.82) is 0 Å². The van der Waals surface area contributed by atoms with Gasteiger partial charge in [0.25, 0.3) is 5.91 Å². The molecule has 2 aromatic rings. The fourth-order valence-electron chi connectivity index (χ4n) is 2.28. The number of benzene rings is 1. The molecule has 1 aromatic carbocycles. The van der Waals surface area contributed by atoms with E-state index in [9.17, 15) is 4.79 Å². The number of carbonyl (C=O) groups is 1. The molecule has 1 aromatic heterocycles. The SMILES string of the molecule is O=C(c1ccc(-c2nc(C(Cl)(Cl)Cl)nc(C(Cl)(Cl)Cl)n2)cc1Br)N(CCCl)CCCl. The summed E-state index contributed by atoms with van der Waals surface area (Å²) in [6, 6.07) is 4.81. The summed E-state index contributed by atoms with van der Waals surface area (Å²) in [6.07, 6.45) is 0. The molecule has 0 N–H and O–H groups in total. The Balaban J connectivity index is 2.51. The zero-order valence-corrected chi connectivity index (χ0v) is 22.3. The van der Waals surface area contributed by atoms with E-state index in [1.54, 1.807) is 23.1 Å². The molecule has 2 rings (SSSR count). The average molecular weight is 639 g/mol. The summed E-state index contributed by atoms with van der Waals surface area (Å²) < 4.78 is -3.47. The van der Waals surface area contributed by atoms with Crippen LogP contribution in [0.25, 0.3) is 11.4 Å². The minimum Gasteiger partial charge on any atom is -0.336 e. The molecular weight excluding hydrogens is 628 g/mol. The van der Waals surface area contributed by atoms with Gasteiger partial charge in [0, 0.05) is 34.9 Å². The van der Waals surface area contributed by atoms with E-state index < -0.39 is 7.59 Å². The van der Waals surface area contributed by atoms with Gasteiger partial charge in [0.2, 0.25) is 7.59 Å². The summed E-state index contributed by atoms with van der Waals surface area (Å²) in [5.41, 5.74) is 0.860. The average Bonchev–Trinajstić information content (AvgIpc) is 2.65. The molecule has 1 heterocycles. The third-order valence-corrected chi connectivity index (χ3v) is 5.60. The van der Waals surface area contributed by atoms with Crippen molar-refractivity contribution in [2.45, 2.75) is 7.59 Å². The standard InChI is InChI=1S/C16H11BrCl8N4O/c17-10-7-8(1-2-9(10)12(30)29(5-3-18)6-4-19)11-26-13(15(20,21)22)28-14(27-11)16(23,24)25/h1-2,7H,3-6H2. The second-order valence-corrected chi connectivity index (χ2v) is 11.8. The van der Waals surface area contributed by atoms with Gasteiger partial charge in [-0.1, -0.05) is 75.7 Å². The van der Waals surface area contributed by atoms with Gasteiger partial charge in [0.1, 0.15) is 0 Å². The van der Waals surface area contributed by atoms with Gasteiger partial charge in [-0.05, 0) is 28.1 Å². The van der Waals surface area contributed by atoms with Crippen molar-refractivity contribution < 1.29 is 4.79 Å². The first-order chi connectivity index (χ1) is 13.9. The highest BCUT2D eigenvalue weighted by Gasteiger charge is 2.34. The Morgan fingerprint density at radius 2 is 1.40 bits per heavy atom. The first-order valence-corrected chi connectivity index (χ1v) is 12.1. The van der Waals surface area contributed by atoms with Crippen LogP contribution in [-0.4, -0.2) is 50.6 Å². The van der Waals surface area contributed by atoms with E-state index in [1.807, 2.05) is 0 Å². The van der Waals surface area contributed by atoms with Crippen LogP contribution in [0.15, 0.2) is 22.7 Å². The molecule has 0 saturated carbocycles. The van der Waals surface area contributed by atoms with E-state index in [4.69, 9.17) is 92.8 Å². The van der Waals surface area contributed by atoms with Crippen LogP contribution in [0, 0.1) is 0 Å². The Labute approximate surface area is 221 Å². The fourth-order valence-corrected chi connectivity index (χ4v) is 3.74. The van der Waals surface area contributed by atoms with Crippen LogP contribution >= 0.6 is 109 Å². The molecule has 0 aliphatic heterocycles. The molecule has 1 amide bonds. The third kappa shape index (κ3) is 7.00. The normalized spacial score (nSPS) is 12.2. The molecule has 0 bridgehead atoms. The molecule has 0 aliphatic carbocycles. The highest BCUT2D eigenvalue weighted by Crippen LogP contribution is 2.41. The van der Waals surface area contributed by atoms with Crippen LogP contribution in [0.4, 0.5) is 0 Å². The third-order valence-electron chi connectivity index (χ3n) is 3.60. The Kier molecular flexibility index (Phi) is 9.88. The summed E-state index contributed by atoms with van der Waals surface area (Å²) in [5, 5.41) is 0. The minimum atomic E-state index is -1.97. The van der Waals surface area contributed by atoms with Gasteiger partial charge in [-0.25, -0.2) is 15.0 Å². The summed E-state index contributed by atoms with van der Waals surface area (Å²) in [5.74, 6) is -0.0259. The topological polar surface area (TPSA) is 59.0 Å². The Bertz CT molecular complexity index is 881. The van der Waals surface area contributed by atoms with Crippen LogP contribution < -0.4 is 0 Å². The van der Waals surface area contributed by atoms with Crippen molar-refractivity contribution >= 4 is 115 Å². The maximum absolute atomic E-state index is 12.8. The Morgan fingerprint density at radius 3 is 1.80 bits per heavy atom. The van der Waals surface area contributed by atoms with Crippen molar-refractivity contribution in [2.75, 3.05) is 24.8 Å². The van der Waals surface area contributed by atoms with Crippen molar-refractivity contribution in [3.8, 4) is 11.4 Å². The number of alkyl halides is 8. The van der Waals surface area contributed by atoms with Crippen molar-refractivity contribution in [3.63, 3.8) is 0 Å². The van der Waals surface area contributed by atoms with Crippen molar-refractivity contribution in [2.24, 2.45) is 0 Å². The van der Waals surface area contributed by atoms with Crippen LogP contribution in [0.2, 0.25) is 0 Å². The van der Waals surface area contributed by atoms with E-state index in [0.29, 0.717) is 28.7 Å². The molecule has 0 spiro atoms. The second-order valence-electron chi connectivity index (χ2n) is 5.67. The van der Waals surface area contributed by atoms with E-state index in [0.717, 1.165) is 0 Å². The highest BCUT2D eigenvalue weighted by atomic mass is 79.9. The Hall–Kier alpha value is 0.500. The number of aromatic nitrogens is 3. The number of amides is 1. The number of hydrogen-bond acceptors (Lipinski definition) is 4. The van der Waals surface area contributed by atoms with E-state index in [2.05, 4.69) is 30.9 Å². The molecule has 0 radical (unpaired) electrons. The number of halogens is 9. The van der Waals surface area contributed by atoms with Crippen LogP contribution in [-0.2, 0) is 7.59 Å². The van der Waals surface area contributed by atoms with Gasteiger partial charge in [-0.15, -0.1) is 23.2 Å². The lowest BCUT2D eigenvalue weighted by Crippen LogP contribution is -2.34. The zero-order valence-electron chi connectivity index (χ0n) is 14.7. The molecule has 164 valence electrons. The zero-order chi connectivity index (χ0) is 22.7. The number of rotatable bonds is 6. The summed E-state index contributed by atoms with van der Waals surface area (Å²) in [6.45, 7) is 0.710. The lowest BCUT2D eigenvalue weighted by Gasteiger charge is -2.21. The van der Waals surface area contributed by atoms with Crippen molar-refractivity contribution in [1.82, 2.24) is 19.9 Å². The molecule has 5 nitrogen and oxygen atoms in total. The molecule has 14 heteroatoms. The van der Waals surface area contributed by atoms with E-state index in [-0.39, 0.29) is 35.1 Å². The summed E-state index contributed by atoms with van der Waals surface area (Å²) >= 11 is 50.3. The van der Waals surface area contributed by atoms with E-state index in [1.165, 1.54) is 0 Å². The summed E-state index contributed by atoms with van der Waals surface area (Å²) in [7, 11) is 0. The van der Waals surface area contributed by atoms with Gasteiger partial charge in [0.05, 0.1) is 5.56 Å². The van der Waals surface area contributed by atoms with Crippen molar-refractivity contribution in [3.05, 3.63) is 39.9 Å². The highest BCUT2D eigenvalue weighted by molar-refractivity contribution is 9.10. The van der Waals surface area contributed by atoms with Gasteiger partial charge in [-0.2, -0.15) is 0 Å². The summed E-state index contributed by atoms with van der Waals surface area (Å²) in [4.78, 5) is 26.6. The van der Waals surface area contributed by atoms with Gasteiger partial charge in [0.15, 0.2) is 17.5 Å². The quantitative estimate of drug-likeness (QED) is 0.324. The number of hydrogen-bond donors (Lipinski definition) is 0. The van der Waals surface area contributed by atoms with Gasteiger partial charge >= 0.3 is 0 Å². The lowest BCUT2D eigenvalue weighted by molar-refractivity contribution is 0.0774. The Morgan fingerprint density at radius 1 is 0.900 bits per heavy atom. The number of nitrogens with zero attached hydrogens (tertiary/aromatic N) is 4. The molecule has 0 fully saturated rings. The smallest absolute Gasteiger partial charge is 0.255 e.